The second kappa shape index (κ2) is 18.5. The third-order valence-electron chi connectivity index (χ3n) is 10.8. The predicted octanol–water partition coefficient (Wildman–Crippen LogP) is 16.5. The van der Waals surface area contributed by atoms with E-state index in [1.54, 1.807) is 0 Å². The van der Waals surface area contributed by atoms with Crippen LogP contribution in [-0.4, -0.2) is 0 Å². The van der Waals surface area contributed by atoms with Crippen LogP contribution in [0, 0.1) is 0 Å². The van der Waals surface area contributed by atoms with Crippen LogP contribution in [0.5, 0.6) is 0 Å². The lowest BCUT2D eigenvalue weighted by Gasteiger charge is -2.04. The van der Waals surface area contributed by atoms with E-state index in [0.29, 0.717) is 0 Å². The van der Waals surface area contributed by atoms with Gasteiger partial charge in [-0.3, -0.25) is 0 Å². The predicted molar refractivity (Wildman–Crippen MR) is 221 cm³/mol. The molecule has 0 unspecified atom stereocenters. The van der Waals surface area contributed by atoms with E-state index in [2.05, 4.69) is 74.5 Å². The summed E-state index contributed by atoms with van der Waals surface area (Å²) in [5.74, 6) is 0. The molecule has 0 spiro atoms. The molecule has 0 aliphatic rings. The first-order valence-corrected chi connectivity index (χ1v) is 21.6. The molecule has 48 heavy (non-hydrogen) atoms. The number of hydrogen-bond acceptors (Lipinski definition) is 2. The summed E-state index contributed by atoms with van der Waals surface area (Å²) in [6, 6.07) is 24.2. The molecule has 0 fully saturated rings. The van der Waals surface area contributed by atoms with Crippen molar-refractivity contribution in [1.82, 2.24) is 0 Å². The Morgan fingerprint density at radius 3 is 0.979 bits per heavy atom. The number of thiophene rings is 2. The minimum absolute atomic E-state index is 1.21. The molecular formula is C46H60S2. The maximum Gasteiger partial charge on any atom is 0.0434 e. The largest absolute Gasteiger partial charge is 0.135 e. The van der Waals surface area contributed by atoms with Gasteiger partial charge in [0.05, 0.1) is 0 Å². The van der Waals surface area contributed by atoms with Crippen molar-refractivity contribution in [2.45, 2.75) is 155 Å². The van der Waals surface area contributed by atoms with Crippen molar-refractivity contribution in [3.8, 4) is 0 Å². The fraction of sp³-hybridized carbons (Fsp3) is 0.522. The van der Waals surface area contributed by atoms with E-state index in [1.165, 1.54) is 204 Å². The van der Waals surface area contributed by atoms with Gasteiger partial charge in [0.1, 0.15) is 0 Å². The average Bonchev–Trinajstić information content (AvgIpc) is 3.67. The van der Waals surface area contributed by atoms with E-state index in [-0.39, 0.29) is 0 Å². The molecule has 0 bridgehead atoms. The maximum atomic E-state index is 2.49. The van der Waals surface area contributed by atoms with Gasteiger partial charge in [-0.1, -0.05) is 178 Å². The van der Waals surface area contributed by atoms with Crippen LogP contribution < -0.4 is 0 Å². The van der Waals surface area contributed by atoms with E-state index in [9.17, 15) is 0 Å². The SMILES string of the molecule is CCCCCCCCCCCCc1ccc2c(c1)sc1c2ccc2c1ccc1c3ccc(CCCCCCCCCCCC)cc3sc12. The van der Waals surface area contributed by atoms with Crippen molar-refractivity contribution in [2.24, 2.45) is 0 Å². The molecule has 0 saturated carbocycles. The Morgan fingerprint density at radius 2 is 0.625 bits per heavy atom. The van der Waals surface area contributed by atoms with E-state index in [0.717, 1.165) is 0 Å². The zero-order valence-corrected chi connectivity index (χ0v) is 31.8. The Labute approximate surface area is 299 Å². The van der Waals surface area contributed by atoms with Crippen molar-refractivity contribution in [3.05, 3.63) is 71.8 Å². The van der Waals surface area contributed by atoms with Crippen molar-refractivity contribution >= 4 is 73.8 Å². The Morgan fingerprint density at radius 1 is 0.333 bits per heavy atom. The molecule has 6 rings (SSSR count). The van der Waals surface area contributed by atoms with Crippen LogP contribution in [0.1, 0.15) is 153 Å². The second-order valence-corrected chi connectivity index (χ2v) is 16.8. The normalized spacial score (nSPS) is 12.1. The third kappa shape index (κ3) is 9.02. The third-order valence-corrected chi connectivity index (χ3v) is 13.2. The number of fused-ring (bicyclic) bond motifs is 9. The van der Waals surface area contributed by atoms with Crippen LogP contribution in [0.15, 0.2) is 60.7 Å². The van der Waals surface area contributed by atoms with Crippen LogP contribution in [0.3, 0.4) is 0 Å². The molecule has 2 heterocycles. The molecule has 0 saturated heterocycles. The first kappa shape index (κ1) is 35.4. The minimum Gasteiger partial charge on any atom is -0.135 e. The minimum atomic E-state index is 1.21. The molecule has 0 radical (unpaired) electrons. The van der Waals surface area contributed by atoms with Gasteiger partial charge in [-0.25, -0.2) is 0 Å². The van der Waals surface area contributed by atoms with Gasteiger partial charge in [0.15, 0.2) is 0 Å². The average molecular weight is 677 g/mol. The Balaban J connectivity index is 1.07. The monoisotopic (exact) mass is 676 g/mol. The van der Waals surface area contributed by atoms with Crippen molar-refractivity contribution in [1.29, 1.82) is 0 Å². The fourth-order valence-electron chi connectivity index (χ4n) is 7.91. The van der Waals surface area contributed by atoms with Gasteiger partial charge >= 0.3 is 0 Å². The summed E-state index contributed by atoms with van der Waals surface area (Å²) in [6.07, 6.45) is 30.4. The summed E-state index contributed by atoms with van der Waals surface area (Å²) in [4.78, 5) is 0. The van der Waals surface area contributed by atoms with E-state index < -0.39 is 0 Å². The van der Waals surface area contributed by atoms with Crippen LogP contribution in [0.4, 0.5) is 0 Å². The van der Waals surface area contributed by atoms with Crippen molar-refractivity contribution < 1.29 is 0 Å². The molecule has 4 aromatic carbocycles. The maximum absolute atomic E-state index is 2.49. The lowest BCUT2D eigenvalue weighted by molar-refractivity contribution is 0.556. The standard InChI is InChI=1S/C46H60S2/c1-3-5-7-9-11-13-15-17-19-21-23-35-25-27-37-39-29-31-42-41(45(39)47-43(37)33-35)32-30-40-38-28-26-36(34-44(38)48-46(40)42)24-22-20-18-16-14-12-10-8-6-4-2/h25-34H,3-24H2,1-2H3. The highest BCUT2D eigenvalue weighted by Crippen LogP contribution is 2.44. The molecule has 2 aromatic heterocycles. The summed E-state index contributed by atoms with van der Waals surface area (Å²) in [6.45, 7) is 4.60. The molecule has 0 N–H and O–H groups in total. The molecule has 0 amide bonds. The molecule has 0 atom stereocenters. The number of aryl methyl sites for hydroxylation is 2. The van der Waals surface area contributed by atoms with Gasteiger partial charge in [-0.2, -0.15) is 0 Å². The number of unbranched alkanes of at least 4 members (excludes halogenated alkanes) is 18. The summed E-state index contributed by atoms with van der Waals surface area (Å²) < 4.78 is 5.82. The number of rotatable bonds is 22. The highest BCUT2D eigenvalue weighted by molar-refractivity contribution is 7.28. The quantitative estimate of drug-likeness (QED) is 0.0628. The summed E-state index contributed by atoms with van der Waals surface area (Å²) in [5, 5.41) is 8.55. The van der Waals surface area contributed by atoms with Crippen molar-refractivity contribution in [3.63, 3.8) is 0 Å². The zero-order chi connectivity index (χ0) is 33.0. The zero-order valence-electron chi connectivity index (χ0n) is 30.1. The topological polar surface area (TPSA) is 0 Å². The van der Waals surface area contributed by atoms with Gasteiger partial charge in [0, 0.05) is 51.1 Å². The molecule has 0 aliphatic carbocycles. The first-order valence-electron chi connectivity index (χ1n) is 20.0. The lowest BCUT2D eigenvalue weighted by atomic mass is 10.0. The summed E-state index contributed by atoms with van der Waals surface area (Å²) in [7, 11) is 0. The fourth-order valence-corrected chi connectivity index (χ4v) is 10.5. The smallest absolute Gasteiger partial charge is 0.0434 e. The summed E-state index contributed by atoms with van der Waals surface area (Å²) >= 11 is 4.01. The van der Waals surface area contributed by atoms with E-state index >= 15 is 0 Å². The first-order chi connectivity index (χ1) is 23.8. The number of benzene rings is 4. The molecule has 6 aromatic rings. The van der Waals surface area contributed by atoms with Gasteiger partial charge < -0.3 is 0 Å². The van der Waals surface area contributed by atoms with E-state index in [1.807, 2.05) is 22.7 Å². The highest BCUT2D eigenvalue weighted by Gasteiger charge is 2.14. The van der Waals surface area contributed by atoms with Crippen molar-refractivity contribution in [2.75, 3.05) is 0 Å². The van der Waals surface area contributed by atoms with Gasteiger partial charge in [-0.05, 0) is 48.9 Å². The second-order valence-electron chi connectivity index (χ2n) is 14.7. The lowest BCUT2D eigenvalue weighted by Crippen LogP contribution is -1.86. The molecule has 2 heteroatoms. The van der Waals surface area contributed by atoms with Gasteiger partial charge in [0.2, 0.25) is 0 Å². The Hall–Kier alpha value is -2.42. The van der Waals surface area contributed by atoms with Crippen LogP contribution in [-0.2, 0) is 12.8 Å². The molecule has 256 valence electrons. The highest BCUT2D eigenvalue weighted by atomic mass is 32.1. The number of hydrogen-bond donors (Lipinski definition) is 0. The van der Waals surface area contributed by atoms with Crippen LogP contribution in [0.2, 0.25) is 0 Å². The Kier molecular flexibility index (Phi) is 13.7. The van der Waals surface area contributed by atoms with Gasteiger partial charge in [0.25, 0.3) is 0 Å². The van der Waals surface area contributed by atoms with Crippen LogP contribution >= 0.6 is 22.7 Å². The summed E-state index contributed by atoms with van der Waals surface area (Å²) in [5.41, 5.74) is 3.02. The van der Waals surface area contributed by atoms with Crippen LogP contribution in [0.25, 0.3) is 51.1 Å². The Bertz CT molecular complexity index is 1730. The van der Waals surface area contributed by atoms with Gasteiger partial charge in [-0.15, -0.1) is 22.7 Å². The van der Waals surface area contributed by atoms with E-state index in [4.69, 9.17) is 0 Å². The molecule has 0 aliphatic heterocycles. The molecular weight excluding hydrogens is 617 g/mol. The molecule has 0 nitrogen and oxygen atoms in total.